The van der Waals surface area contributed by atoms with E-state index < -0.39 is 10.0 Å². The van der Waals surface area contributed by atoms with Crippen LogP contribution < -0.4 is 10.0 Å². The molecule has 3 rings (SSSR count). The van der Waals surface area contributed by atoms with Crippen molar-refractivity contribution in [2.75, 3.05) is 16.6 Å². The molecule has 0 atom stereocenters. The minimum absolute atomic E-state index is 0.213. The van der Waals surface area contributed by atoms with Crippen molar-refractivity contribution in [2.24, 2.45) is 0 Å². The summed E-state index contributed by atoms with van der Waals surface area (Å²) in [7, 11) is -3.62. The summed E-state index contributed by atoms with van der Waals surface area (Å²) in [6, 6.07) is 6.91. The molecule has 0 saturated heterocycles. The van der Waals surface area contributed by atoms with E-state index in [1.54, 1.807) is 6.07 Å². The molecule has 0 fully saturated rings. The largest absolute Gasteiger partial charge is 0.397 e. The lowest BCUT2D eigenvalue weighted by atomic mass is 10.1. The third kappa shape index (κ3) is 2.13. The van der Waals surface area contributed by atoms with Gasteiger partial charge in [0.15, 0.2) is 0 Å². The van der Waals surface area contributed by atoms with Crippen molar-refractivity contribution < 1.29 is 8.42 Å². The smallest absolute Gasteiger partial charge is 0.274 e. The van der Waals surface area contributed by atoms with Crippen molar-refractivity contribution in [3.05, 3.63) is 38.6 Å². The van der Waals surface area contributed by atoms with Crippen LogP contribution in [0.25, 0.3) is 0 Å². The van der Waals surface area contributed by atoms with Gasteiger partial charge in [-0.15, -0.1) is 11.3 Å². The monoisotopic (exact) mass is 392 g/mol. The Morgan fingerprint density at radius 3 is 2.80 bits per heavy atom. The van der Waals surface area contributed by atoms with Crippen molar-refractivity contribution in [1.82, 2.24) is 0 Å². The molecule has 1 aromatic carbocycles. The van der Waals surface area contributed by atoms with Crippen LogP contribution in [0.2, 0.25) is 5.02 Å². The van der Waals surface area contributed by atoms with E-state index >= 15 is 0 Å². The number of anilines is 2. The average molecular weight is 394 g/mol. The molecule has 0 aliphatic carbocycles. The van der Waals surface area contributed by atoms with Crippen LogP contribution in [0.5, 0.6) is 0 Å². The lowest BCUT2D eigenvalue weighted by Crippen LogP contribution is -2.29. The molecule has 2 heterocycles. The van der Waals surface area contributed by atoms with E-state index in [1.165, 1.54) is 10.4 Å². The van der Waals surface area contributed by atoms with Gasteiger partial charge >= 0.3 is 0 Å². The van der Waals surface area contributed by atoms with Gasteiger partial charge in [-0.1, -0.05) is 23.7 Å². The number of fused-ring (bicyclic) bond motifs is 1. The summed E-state index contributed by atoms with van der Waals surface area (Å²) in [6.07, 6.45) is 0.667. The Bertz CT molecular complexity index is 769. The van der Waals surface area contributed by atoms with E-state index in [4.69, 9.17) is 17.3 Å². The fourth-order valence-corrected chi connectivity index (χ4v) is 6.30. The van der Waals surface area contributed by atoms with Gasteiger partial charge in [-0.25, -0.2) is 8.42 Å². The van der Waals surface area contributed by atoms with Crippen LogP contribution in [0.4, 0.5) is 11.4 Å². The van der Waals surface area contributed by atoms with Crippen molar-refractivity contribution in [3.8, 4) is 0 Å². The molecule has 0 bridgehead atoms. The Morgan fingerprint density at radius 1 is 1.40 bits per heavy atom. The van der Waals surface area contributed by atoms with Crippen molar-refractivity contribution >= 4 is 60.3 Å². The number of nitrogens with zero attached hydrogens (tertiary/aromatic N) is 1. The number of benzene rings is 1. The first-order valence-corrected chi connectivity index (χ1v) is 9.19. The zero-order chi connectivity index (χ0) is 14.5. The summed E-state index contributed by atoms with van der Waals surface area (Å²) >= 11 is 10.3. The van der Waals surface area contributed by atoms with E-state index in [0.717, 1.165) is 16.9 Å². The standard InChI is InChI=1S/C12H10BrClN2O2S2/c13-12-8(14)6-10(19-12)20(17,18)16-5-4-7-2-1-3-9(15)11(7)16/h1-3,6H,4-5,15H2. The molecule has 0 amide bonds. The van der Waals surface area contributed by atoms with Crippen LogP contribution in [0.3, 0.4) is 0 Å². The molecule has 0 saturated carbocycles. The fraction of sp³-hybridized carbons (Fsp3) is 0.167. The topological polar surface area (TPSA) is 63.4 Å². The molecule has 20 heavy (non-hydrogen) atoms. The van der Waals surface area contributed by atoms with Crippen molar-refractivity contribution in [2.45, 2.75) is 10.6 Å². The Labute approximate surface area is 134 Å². The molecular weight excluding hydrogens is 384 g/mol. The van der Waals surface area contributed by atoms with Gasteiger partial charge in [0.25, 0.3) is 10.0 Å². The number of hydrogen-bond donors (Lipinski definition) is 1. The van der Waals surface area contributed by atoms with E-state index in [-0.39, 0.29) is 4.21 Å². The molecule has 0 unspecified atom stereocenters. The highest BCUT2D eigenvalue weighted by molar-refractivity contribution is 9.11. The number of rotatable bonds is 2. The van der Waals surface area contributed by atoms with Gasteiger partial charge in [0.2, 0.25) is 0 Å². The molecule has 1 aliphatic rings. The molecule has 0 radical (unpaired) electrons. The highest BCUT2D eigenvalue weighted by Crippen LogP contribution is 2.41. The van der Waals surface area contributed by atoms with Gasteiger partial charge < -0.3 is 5.73 Å². The highest BCUT2D eigenvalue weighted by Gasteiger charge is 2.33. The number of halogens is 2. The highest BCUT2D eigenvalue weighted by atomic mass is 79.9. The third-order valence-electron chi connectivity index (χ3n) is 3.15. The van der Waals surface area contributed by atoms with E-state index in [2.05, 4.69) is 15.9 Å². The second-order valence-corrected chi connectivity index (χ2v) is 9.24. The Hall–Kier alpha value is -0.760. The maximum atomic E-state index is 12.7. The second-order valence-electron chi connectivity index (χ2n) is 4.37. The number of hydrogen-bond acceptors (Lipinski definition) is 4. The molecule has 1 aromatic heterocycles. The summed E-state index contributed by atoms with van der Waals surface area (Å²) < 4.78 is 27.6. The van der Waals surface area contributed by atoms with Gasteiger partial charge in [-0.05, 0) is 40.0 Å². The summed E-state index contributed by atoms with van der Waals surface area (Å²) in [5.41, 5.74) is 7.96. The maximum Gasteiger partial charge on any atom is 0.274 e. The SMILES string of the molecule is Nc1cccc2c1N(S(=O)(=O)c1cc(Cl)c(Br)s1)CC2. The average Bonchev–Trinajstić information content (AvgIpc) is 2.96. The Kier molecular flexibility index (Phi) is 3.48. The number of para-hydroxylation sites is 1. The number of sulfonamides is 1. The molecule has 8 heteroatoms. The van der Waals surface area contributed by atoms with E-state index in [9.17, 15) is 8.42 Å². The molecular formula is C12H10BrClN2O2S2. The first-order chi connectivity index (χ1) is 9.41. The van der Waals surface area contributed by atoms with Crippen LogP contribution >= 0.6 is 38.9 Å². The fourth-order valence-electron chi connectivity index (χ4n) is 2.25. The minimum Gasteiger partial charge on any atom is -0.397 e. The summed E-state index contributed by atoms with van der Waals surface area (Å²) in [5, 5.41) is 0.397. The quantitative estimate of drug-likeness (QED) is 0.794. The Balaban J connectivity index is 2.12. The second kappa shape index (κ2) is 4.91. The van der Waals surface area contributed by atoms with Gasteiger partial charge in [0, 0.05) is 6.54 Å². The van der Waals surface area contributed by atoms with Crippen LogP contribution in [-0.4, -0.2) is 15.0 Å². The van der Waals surface area contributed by atoms with Gasteiger partial charge in [-0.2, -0.15) is 0 Å². The van der Waals surface area contributed by atoms with E-state index in [0.29, 0.717) is 33.1 Å². The van der Waals surface area contributed by atoms with Crippen LogP contribution in [0, 0.1) is 0 Å². The van der Waals surface area contributed by atoms with Crippen LogP contribution in [-0.2, 0) is 16.4 Å². The number of nitrogen functional groups attached to an aromatic ring is 1. The zero-order valence-electron chi connectivity index (χ0n) is 10.1. The summed E-state index contributed by atoms with van der Waals surface area (Å²) in [5.74, 6) is 0. The molecule has 4 nitrogen and oxygen atoms in total. The first-order valence-electron chi connectivity index (χ1n) is 5.76. The lowest BCUT2D eigenvalue weighted by molar-refractivity contribution is 0.594. The Morgan fingerprint density at radius 2 is 2.15 bits per heavy atom. The van der Waals surface area contributed by atoms with Crippen molar-refractivity contribution in [1.29, 1.82) is 0 Å². The molecule has 2 N–H and O–H groups in total. The van der Waals surface area contributed by atoms with Crippen molar-refractivity contribution in [3.63, 3.8) is 0 Å². The molecule has 2 aromatic rings. The zero-order valence-corrected chi connectivity index (χ0v) is 14.1. The van der Waals surface area contributed by atoms with Crippen LogP contribution in [0.15, 0.2) is 32.3 Å². The van der Waals surface area contributed by atoms with Gasteiger partial charge in [0.1, 0.15) is 4.21 Å². The number of nitrogens with two attached hydrogens (primary N) is 1. The molecule has 1 aliphatic heterocycles. The van der Waals surface area contributed by atoms with Gasteiger partial charge in [-0.3, -0.25) is 4.31 Å². The van der Waals surface area contributed by atoms with E-state index in [1.807, 2.05) is 12.1 Å². The first kappa shape index (κ1) is 14.2. The predicted octanol–water partition coefficient (Wildman–Crippen LogP) is 3.50. The maximum absolute atomic E-state index is 12.7. The summed E-state index contributed by atoms with van der Waals surface area (Å²) in [6.45, 7) is 0.402. The van der Waals surface area contributed by atoms with Gasteiger partial charge in [0.05, 0.1) is 20.2 Å². The normalized spacial score (nSPS) is 14.6. The molecule has 0 spiro atoms. The number of thiophene rings is 1. The minimum atomic E-state index is -3.62. The van der Waals surface area contributed by atoms with Crippen LogP contribution in [0.1, 0.15) is 5.56 Å². The predicted molar refractivity (Wildman–Crippen MR) is 86.1 cm³/mol. The third-order valence-corrected chi connectivity index (χ3v) is 7.87. The summed E-state index contributed by atoms with van der Waals surface area (Å²) in [4.78, 5) is 0. The molecule has 106 valence electrons. The lowest BCUT2D eigenvalue weighted by Gasteiger charge is -2.19.